The zero-order valence-electron chi connectivity index (χ0n) is 22.7. The molecule has 1 aliphatic rings. The zero-order chi connectivity index (χ0) is 28.3. The third-order valence-corrected chi connectivity index (χ3v) is 8.00. The number of para-hydroxylation sites is 1. The molecular weight excluding hydrogens is 602 g/mol. The maximum absolute atomic E-state index is 13.4. The van der Waals surface area contributed by atoms with Crippen molar-refractivity contribution in [2.75, 3.05) is 13.7 Å². The number of aliphatic carboxylic acids is 1. The molecule has 0 atom stereocenters. The number of pyridine rings is 2. The molecule has 42 heavy (non-hydrogen) atoms. The third kappa shape index (κ3) is 6.78. The molecule has 6 rings (SSSR count). The van der Waals surface area contributed by atoms with Crippen LogP contribution in [0.5, 0.6) is 11.5 Å². The summed E-state index contributed by atoms with van der Waals surface area (Å²) >= 11 is 1.58. The van der Waals surface area contributed by atoms with Crippen LogP contribution in [0.15, 0.2) is 72.8 Å². The first-order valence-electron chi connectivity index (χ1n) is 13.2. The normalized spacial score (nSPS) is 14.0. The Hall–Kier alpha value is -3.86. The molecule has 1 aliphatic heterocycles. The summed E-state index contributed by atoms with van der Waals surface area (Å²) in [6.45, 7) is 1.76. The molecule has 0 saturated carbocycles. The van der Waals surface area contributed by atoms with E-state index in [1.807, 2.05) is 66.7 Å². The van der Waals surface area contributed by atoms with Gasteiger partial charge in [0.2, 0.25) is 0 Å². The summed E-state index contributed by atoms with van der Waals surface area (Å²) < 4.78 is 6.58. The van der Waals surface area contributed by atoms with Gasteiger partial charge in [-0.1, -0.05) is 30.0 Å². The predicted octanol–water partition coefficient (Wildman–Crippen LogP) is 3.10. The Balaban J connectivity index is 0.00000353. The van der Waals surface area contributed by atoms with E-state index >= 15 is 0 Å². The van der Waals surface area contributed by atoms with E-state index in [1.54, 1.807) is 22.3 Å². The van der Waals surface area contributed by atoms with Crippen LogP contribution in [0.2, 0.25) is 0 Å². The Labute approximate surface area is 257 Å². The quantitative estimate of drug-likeness (QED) is 0.261. The number of carboxylic acid groups (broad SMARTS) is 1. The van der Waals surface area contributed by atoms with Crippen LogP contribution in [0, 0.1) is 0 Å². The second-order valence-corrected chi connectivity index (χ2v) is 11.1. The number of benzene rings is 2. The monoisotopic (exact) mass is 628 g/mol. The molecule has 0 aliphatic carbocycles. The first kappa shape index (κ1) is 29.6. The van der Waals surface area contributed by atoms with Crippen LogP contribution >= 0.6 is 11.3 Å². The SMILES string of the molecule is COc1cc(-c2nc3ccccc3s2)cc(CN2Cc3cccc(n3)CN(CC(=O)[O-])Cc3cccc(n3)C2)c1[O-].[Cu+2]. The van der Waals surface area contributed by atoms with Crippen molar-refractivity contribution in [2.24, 2.45) is 0 Å². The van der Waals surface area contributed by atoms with Gasteiger partial charge in [0.1, 0.15) is 10.8 Å². The second kappa shape index (κ2) is 13.0. The van der Waals surface area contributed by atoms with E-state index in [1.165, 1.54) is 7.11 Å². The molecular formula is C31H27CuN5O4S. The molecule has 0 amide bonds. The van der Waals surface area contributed by atoms with E-state index in [0.29, 0.717) is 38.3 Å². The molecule has 0 spiro atoms. The van der Waals surface area contributed by atoms with Crippen LogP contribution in [-0.4, -0.2) is 44.4 Å². The summed E-state index contributed by atoms with van der Waals surface area (Å²) in [6, 6.07) is 23.1. The maximum Gasteiger partial charge on any atom is 2.00 e. The molecule has 1 radical (unpaired) electrons. The van der Waals surface area contributed by atoms with Gasteiger partial charge in [0.05, 0.1) is 46.1 Å². The Morgan fingerprint density at radius 1 is 0.857 bits per heavy atom. The average Bonchev–Trinajstić information content (AvgIpc) is 3.38. The van der Waals surface area contributed by atoms with E-state index in [0.717, 1.165) is 43.6 Å². The van der Waals surface area contributed by atoms with Crippen molar-refractivity contribution in [3.8, 4) is 22.1 Å². The van der Waals surface area contributed by atoms with E-state index in [9.17, 15) is 15.0 Å². The van der Waals surface area contributed by atoms with Crippen LogP contribution in [-0.2, 0) is 54.6 Å². The van der Waals surface area contributed by atoms with Gasteiger partial charge in [0.25, 0.3) is 0 Å². The number of carboxylic acids is 1. The van der Waals surface area contributed by atoms with Crippen molar-refractivity contribution in [1.82, 2.24) is 24.8 Å². The molecule has 5 aromatic rings. The predicted molar refractivity (Wildman–Crippen MR) is 152 cm³/mol. The minimum absolute atomic E-state index is 0. The largest absolute Gasteiger partial charge is 2.00 e. The number of fused-ring (bicyclic) bond motifs is 5. The molecule has 9 nitrogen and oxygen atoms in total. The van der Waals surface area contributed by atoms with Gasteiger partial charge in [-0.2, -0.15) is 0 Å². The topological polar surface area (TPSA) is 118 Å². The van der Waals surface area contributed by atoms with Crippen LogP contribution < -0.4 is 14.9 Å². The van der Waals surface area contributed by atoms with E-state index in [4.69, 9.17) is 19.7 Å². The fourth-order valence-corrected chi connectivity index (χ4v) is 6.09. The summed E-state index contributed by atoms with van der Waals surface area (Å²) in [4.78, 5) is 29.7. The Bertz CT molecular complexity index is 1640. The van der Waals surface area contributed by atoms with Gasteiger partial charge < -0.3 is 19.7 Å². The van der Waals surface area contributed by atoms with Crippen molar-refractivity contribution in [3.05, 3.63) is 101 Å². The Morgan fingerprint density at radius 3 is 2.02 bits per heavy atom. The number of aromatic nitrogens is 3. The minimum Gasteiger partial charge on any atom is -0.870 e. The van der Waals surface area contributed by atoms with Crippen molar-refractivity contribution in [2.45, 2.75) is 32.7 Å². The molecule has 0 unspecified atom stereocenters. The van der Waals surface area contributed by atoms with Gasteiger partial charge in [-0.05, 0) is 54.1 Å². The first-order valence-corrected chi connectivity index (χ1v) is 14.0. The van der Waals surface area contributed by atoms with E-state index in [-0.39, 0.29) is 35.1 Å². The minimum atomic E-state index is -1.15. The summed E-state index contributed by atoms with van der Waals surface area (Å²) in [5.74, 6) is -1.03. The van der Waals surface area contributed by atoms with Crippen molar-refractivity contribution < 1.29 is 36.8 Å². The standard InChI is InChI=1S/C31H29N5O4S.Cu/c1-40-27-13-20(31-34-26-10-2-3-11-28(26)41-31)12-21(30(27)39)14-35-15-22-6-4-8-24(32-22)17-36(19-29(37)38)18-25-9-5-7-23(16-35)33-25;/h2-13,39H,14-19H2,1H3,(H,37,38);/q;+2/p-2. The number of hydrogen-bond donors (Lipinski definition) is 0. The van der Waals surface area contributed by atoms with Gasteiger partial charge in [-0.15, -0.1) is 11.3 Å². The van der Waals surface area contributed by atoms with Crippen molar-refractivity contribution >= 4 is 27.5 Å². The van der Waals surface area contributed by atoms with Gasteiger partial charge in [-0.3, -0.25) is 19.8 Å². The number of carbonyl (C=O) groups excluding carboxylic acids is 1. The van der Waals surface area contributed by atoms with Gasteiger partial charge in [0, 0.05) is 44.8 Å². The smallest absolute Gasteiger partial charge is 0.870 e. The molecule has 0 fully saturated rings. The summed E-state index contributed by atoms with van der Waals surface area (Å²) in [7, 11) is 1.51. The molecule has 11 heteroatoms. The number of rotatable bonds is 6. The van der Waals surface area contributed by atoms with Crippen LogP contribution in [0.25, 0.3) is 20.8 Å². The Kier molecular flexibility index (Phi) is 9.15. The van der Waals surface area contributed by atoms with E-state index in [2.05, 4.69) is 4.90 Å². The average molecular weight is 629 g/mol. The fourth-order valence-electron chi connectivity index (χ4n) is 5.13. The number of carbonyl (C=O) groups is 1. The van der Waals surface area contributed by atoms with Crippen molar-refractivity contribution in [1.29, 1.82) is 0 Å². The van der Waals surface area contributed by atoms with Crippen LogP contribution in [0.4, 0.5) is 0 Å². The van der Waals surface area contributed by atoms with Gasteiger partial charge >= 0.3 is 17.1 Å². The second-order valence-electron chi connectivity index (χ2n) is 10.1. The summed E-state index contributed by atoms with van der Waals surface area (Å²) in [6.07, 6.45) is 0. The first-order chi connectivity index (χ1) is 19.9. The summed E-state index contributed by atoms with van der Waals surface area (Å²) in [5, 5.41) is 25.7. The van der Waals surface area contributed by atoms with Crippen LogP contribution in [0.1, 0.15) is 28.3 Å². The number of ether oxygens (including phenoxy) is 1. The molecule has 4 heterocycles. The number of thiazole rings is 1. The summed E-state index contributed by atoms with van der Waals surface area (Å²) in [5.41, 5.74) is 5.48. The molecule has 3 aromatic heterocycles. The van der Waals surface area contributed by atoms with Crippen molar-refractivity contribution in [3.63, 3.8) is 0 Å². The Morgan fingerprint density at radius 2 is 1.45 bits per heavy atom. The molecule has 0 N–H and O–H groups in total. The molecule has 2 aromatic carbocycles. The number of methoxy groups -OCH3 is 1. The van der Waals surface area contributed by atoms with Gasteiger partial charge in [-0.25, -0.2) is 4.98 Å². The molecule has 4 bridgehead atoms. The van der Waals surface area contributed by atoms with Crippen LogP contribution in [0.3, 0.4) is 0 Å². The molecule has 217 valence electrons. The number of hydrogen-bond acceptors (Lipinski definition) is 10. The van der Waals surface area contributed by atoms with Gasteiger partial charge in [0.15, 0.2) is 0 Å². The molecule has 0 saturated heterocycles. The third-order valence-electron chi connectivity index (χ3n) is 6.91. The zero-order valence-corrected chi connectivity index (χ0v) is 24.5. The fraction of sp³-hybridized carbons (Fsp3) is 0.226. The number of nitrogens with zero attached hydrogens (tertiary/aromatic N) is 5. The van der Waals surface area contributed by atoms with E-state index < -0.39 is 5.97 Å². The maximum atomic E-state index is 13.4.